The van der Waals surface area contributed by atoms with Gasteiger partial charge in [0.2, 0.25) is 5.91 Å². The highest BCUT2D eigenvalue weighted by Crippen LogP contribution is 2.01. The molecule has 0 spiro atoms. The molecule has 0 bridgehead atoms. The third-order valence-electron chi connectivity index (χ3n) is 0.687. The summed E-state index contributed by atoms with van der Waals surface area (Å²) in [6, 6.07) is 0. The number of carbonyl (C=O) groups is 1. The molecule has 0 aliphatic rings. The van der Waals surface area contributed by atoms with Crippen LogP contribution in [0.5, 0.6) is 0 Å². The normalized spacial score (nSPS) is 8.88. The Balaban J connectivity index is 3.33. The molecule has 1 amide bonds. The van der Waals surface area contributed by atoms with Gasteiger partial charge in [0.15, 0.2) is 0 Å². The molecule has 48 valence electrons. The number of thiol groups is 2. The first-order chi connectivity index (χ1) is 3.68. The topological polar surface area (TPSA) is 20.3 Å². The minimum absolute atomic E-state index is 0.0563. The number of carbonyl (C=O) groups excluding carboxylic acids is 1. The van der Waals surface area contributed by atoms with Crippen LogP contribution in [0.2, 0.25) is 0 Å². The molecule has 0 aromatic rings. The maximum atomic E-state index is 10.5. The molecule has 0 heterocycles. The van der Waals surface area contributed by atoms with Gasteiger partial charge in [0.05, 0.1) is 0 Å². The second kappa shape index (κ2) is 4.09. The minimum atomic E-state index is -0.0563. The van der Waals surface area contributed by atoms with Gasteiger partial charge in [-0.05, 0) is 6.42 Å². The van der Waals surface area contributed by atoms with Crippen LogP contribution < -0.4 is 0 Å². The second-order valence-electron chi connectivity index (χ2n) is 1.43. The van der Waals surface area contributed by atoms with Gasteiger partial charge in [-0.2, -0.15) is 0 Å². The van der Waals surface area contributed by atoms with Gasteiger partial charge in [-0.1, -0.05) is 32.6 Å². The molecule has 0 atom stereocenters. The number of amides is 1. The van der Waals surface area contributed by atoms with E-state index in [1.807, 2.05) is 6.92 Å². The van der Waals surface area contributed by atoms with Crippen molar-refractivity contribution >= 4 is 31.5 Å². The molecule has 0 saturated carbocycles. The Kier molecular flexibility index (Phi) is 4.18. The van der Waals surface area contributed by atoms with Crippen molar-refractivity contribution in [2.24, 2.45) is 0 Å². The van der Waals surface area contributed by atoms with Crippen LogP contribution in [-0.4, -0.2) is 9.62 Å². The summed E-state index contributed by atoms with van der Waals surface area (Å²) < 4.78 is 1.00. The molecule has 0 radical (unpaired) electrons. The zero-order chi connectivity index (χ0) is 6.57. The molecule has 0 saturated heterocycles. The van der Waals surface area contributed by atoms with Gasteiger partial charge in [0.1, 0.15) is 0 Å². The van der Waals surface area contributed by atoms with Crippen molar-refractivity contribution < 1.29 is 4.79 Å². The van der Waals surface area contributed by atoms with Crippen LogP contribution in [0.15, 0.2) is 0 Å². The third kappa shape index (κ3) is 3.21. The van der Waals surface area contributed by atoms with Gasteiger partial charge in [-0.15, -0.1) is 0 Å². The molecule has 0 aliphatic carbocycles. The summed E-state index contributed by atoms with van der Waals surface area (Å²) in [5.74, 6) is -0.0563. The monoisotopic (exact) mass is 151 g/mol. The zero-order valence-electron chi connectivity index (χ0n) is 4.66. The summed E-state index contributed by atoms with van der Waals surface area (Å²) in [6.45, 7) is 1.93. The maximum Gasteiger partial charge on any atom is 0.242 e. The van der Waals surface area contributed by atoms with Crippen molar-refractivity contribution in [1.29, 1.82) is 0 Å². The first kappa shape index (κ1) is 8.17. The van der Waals surface area contributed by atoms with E-state index in [4.69, 9.17) is 0 Å². The summed E-state index contributed by atoms with van der Waals surface area (Å²) in [6.07, 6.45) is 1.36. The van der Waals surface area contributed by atoms with Crippen LogP contribution in [0.25, 0.3) is 0 Å². The highest BCUT2D eigenvalue weighted by Gasteiger charge is 2.01. The van der Waals surface area contributed by atoms with E-state index in [0.29, 0.717) is 6.42 Å². The van der Waals surface area contributed by atoms with Crippen LogP contribution in [-0.2, 0) is 4.79 Å². The number of hydrogen-bond donors (Lipinski definition) is 2. The summed E-state index contributed by atoms with van der Waals surface area (Å²) >= 11 is 7.35. The zero-order valence-corrected chi connectivity index (χ0v) is 6.45. The minimum Gasteiger partial charge on any atom is -0.273 e. The van der Waals surface area contributed by atoms with Crippen LogP contribution >= 0.6 is 25.6 Å². The van der Waals surface area contributed by atoms with E-state index in [1.54, 1.807) is 0 Å². The SMILES string of the molecule is CCCC(=O)N(S)S. The van der Waals surface area contributed by atoms with Crippen molar-refractivity contribution in [3.05, 3.63) is 0 Å². The standard InChI is InChI=1S/C4H9NOS2/c1-2-3-4(6)5(7)8/h7-8H,2-3H2,1H3. The number of rotatable bonds is 2. The molecular formula is C4H9NOS2. The van der Waals surface area contributed by atoms with Crippen LogP contribution in [0, 0.1) is 0 Å². The van der Waals surface area contributed by atoms with Crippen molar-refractivity contribution in [3.8, 4) is 0 Å². The van der Waals surface area contributed by atoms with Gasteiger partial charge in [0, 0.05) is 6.42 Å². The summed E-state index contributed by atoms with van der Waals surface area (Å²) in [5, 5.41) is 0. The molecule has 0 unspecified atom stereocenters. The fourth-order valence-electron chi connectivity index (χ4n) is 0.314. The van der Waals surface area contributed by atoms with E-state index in [2.05, 4.69) is 25.6 Å². The first-order valence-electron chi connectivity index (χ1n) is 2.39. The number of nitrogens with zero attached hydrogens (tertiary/aromatic N) is 1. The van der Waals surface area contributed by atoms with E-state index >= 15 is 0 Å². The summed E-state index contributed by atoms with van der Waals surface area (Å²) in [4.78, 5) is 10.5. The Bertz CT molecular complexity index is 84.1. The Morgan fingerprint density at radius 2 is 2.12 bits per heavy atom. The quantitative estimate of drug-likeness (QED) is 0.570. The Labute approximate surface area is 60.3 Å². The van der Waals surface area contributed by atoms with Gasteiger partial charge < -0.3 is 0 Å². The van der Waals surface area contributed by atoms with Crippen LogP contribution in [0.1, 0.15) is 19.8 Å². The van der Waals surface area contributed by atoms with E-state index in [-0.39, 0.29) is 5.91 Å². The van der Waals surface area contributed by atoms with Crippen molar-refractivity contribution in [3.63, 3.8) is 0 Å². The molecule has 0 aromatic heterocycles. The smallest absolute Gasteiger partial charge is 0.242 e. The van der Waals surface area contributed by atoms with Crippen molar-refractivity contribution in [2.75, 3.05) is 0 Å². The maximum absolute atomic E-state index is 10.5. The lowest BCUT2D eigenvalue weighted by molar-refractivity contribution is -0.122. The highest BCUT2D eigenvalue weighted by atomic mass is 32.2. The summed E-state index contributed by atoms with van der Waals surface area (Å²) in [7, 11) is 0. The van der Waals surface area contributed by atoms with Crippen molar-refractivity contribution in [1.82, 2.24) is 3.71 Å². The Morgan fingerprint density at radius 3 is 2.25 bits per heavy atom. The third-order valence-corrected chi connectivity index (χ3v) is 1.13. The second-order valence-corrected chi connectivity index (χ2v) is 2.55. The fraction of sp³-hybridized carbons (Fsp3) is 0.750. The average molecular weight is 151 g/mol. The summed E-state index contributed by atoms with van der Waals surface area (Å²) in [5.41, 5.74) is 0. The lowest BCUT2D eigenvalue weighted by Gasteiger charge is -2.03. The lowest BCUT2D eigenvalue weighted by Crippen LogP contribution is -2.09. The molecule has 0 aliphatic heterocycles. The van der Waals surface area contributed by atoms with E-state index in [9.17, 15) is 4.79 Å². The molecule has 0 rings (SSSR count). The molecule has 2 nitrogen and oxygen atoms in total. The Morgan fingerprint density at radius 1 is 1.62 bits per heavy atom. The van der Waals surface area contributed by atoms with E-state index < -0.39 is 0 Å². The van der Waals surface area contributed by atoms with E-state index in [0.717, 1.165) is 10.1 Å². The van der Waals surface area contributed by atoms with Gasteiger partial charge in [0.25, 0.3) is 0 Å². The first-order valence-corrected chi connectivity index (χ1v) is 3.19. The van der Waals surface area contributed by atoms with Gasteiger partial charge in [-0.3, -0.25) is 4.79 Å². The molecular weight excluding hydrogens is 142 g/mol. The Hall–Kier alpha value is 0.170. The average Bonchev–Trinajstić information content (AvgIpc) is 1.67. The molecule has 4 heteroatoms. The number of hydrogen-bond acceptors (Lipinski definition) is 3. The fourth-order valence-corrected chi connectivity index (χ4v) is 0.514. The molecule has 0 N–H and O–H groups in total. The van der Waals surface area contributed by atoms with E-state index in [1.165, 1.54) is 0 Å². The molecule has 0 aromatic carbocycles. The predicted octanol–water partition coefficient (Wildman–Crippen LogP) is 1.30. The van der Waals surface area contributed by atoms with Crippen LogP contribution in [0.4, 0.5) is 0 Å². The van der Waals surface area contributed by atoms with Gasteiger partial charge >= 0.3 is 0 Å². The molecule has 0 fully saturated rings. The lowest BCUT2D eigenvalue weighted by atomic mass is 10.3. The van der Waals surface area contributed by atoms with Crippen LogP contribution in [0.3, 0.4) is 0 Å². The highest BCUT2D eigenvalue weighted by molar-refractivity contribution is 7.94. The van der Waals surface area contributed by atoms with Crippen molar-refractivity contribution in [2.45, 2.75) is 19.8 Å². The predicted molar refractivity (Wildman–Crippen MR) is 39.7 cm³/mol. The largest absolute Gasteiger partial charge is 0.273 e. The molecule has 8 heavy (non-hydrogen) atoms. The van der Waals surface area contributed by atoms with Gasteiger partial charge in [-0.25, -0.2) is 3.71 Å².